The molecule has 1 aliphatic rings. The second-order valence-corrected chi connectivity index (χ2v) is 4.92. The van der Waals surface area contributed by atoms with Crippen LogP contribution in [0.15, 0.2) is 30.3 Å². The molecule has 0 spiro atoms. The molecular weight excluding hydrogens is 212 g/mol. The van der Waals surface area contributed by atoms with Gasteiger partial charge in [0.2, 0.25) is 0 Å². The van der Waals surface area contributed by atoms with Gasteiger partial charge in [0.1, 0.15) is 5.75 Å². The lowest BCUT2D eigenvalue weighted by atomic mass is 9.94. The van der Waals surface area contributed by atoms with Gasteiger partial charge in [-0.15, -0.1) is 0 Å². The molecule has 0 bridgehead atoms. The molecule has 0 aliphatic heterocycles. The minimum absolute atomic E-state index is 0.114. The Hall–Kier alpha value is -1.02. The summed E-state index contributed by atoms with van der Waals surface area (Å²) in [5, 5.41) is 9.99. The molecule has 0 heterocycles. The Kier molecular flexibility index (Phi) is 4.87. The van der Waals surface area contributed by atoms with E-state index in [9.17, 15) is 5.11 Å². The second-order valence-electron chi connectivity index (χ2n) is 4.92. The van der Waals surface area contributed by atoms with Crippen LogP contribution in [0.1, 0.15) is 38.5 Å². The molecule has 1 fully saturated rings. The van der Waals surface area contributed by atoms with Crippen LogP contribution in [0.4, 0.5) is 0 Å². The molecule has 2 heteroatoms. The van der Waals surface area contributed by atoms with Gasteiger partial charge in [-0.1, -0.05) is 37.5 Å². The van der Waals surface area contributed by atoms with E-state index in [0.717, 1.165) is 25.0 Å². The van der Waals surface area contributed by atoms with E-state index in [1.54, 1.807) is 0 Å². The quantitative estimate of drug-likeness (QED) is 0.809. The minimum atomic E-state index is -0.114. The van der Waals surface area contributed by atoms with Crippen LogP contribution in [0.5, 0.6) is 5.75 Å². The van der Waals surface area contributed by atoms with E-state index in [1.807, 2.05) is 30.3 Å². The fraction of sp³-hybridized carbons (Fsp3) is 0.600. The maximum atomic E-state index is 9.99. The highest BCUT2D eigenvalue weighted by Gasteiger charge is 2.21. The van der Waals surface area contributed by atoms with Gasteiger partial charge in [-0.05, 0) is 37.3 Å². The Morgan fingerprint density at radius 1 is 1.06 bits per heavy atom. The number of rotatable bonds is 4. The summed E-state index contributed by atoms with van der Waals surface area (Å²) in [6.07, 6.45) is 6.68. The number of ether oxygens (including phenoxy) is 1. The van der Waals surface area contributed by atoms with Crippen molar-refractivity contribution in [2.75, 3.05) is 6.61 Å². The molecule has 0 radical (unpaired) electrons. The summed E-state index contributed by atoms with van der Waals surface area (Å²) in [7, 11) is 0. The summed E-state index contributed by atoms with van der Waals surface area (Å²) in [5.41, 5.74) is 0. The lowest BCUT2D eigenvalue weighted by Gasteiger charge is -2.20. The SMILES string of the molecule is OC1CCCCCC1CCOc1ccccc1. The van der Waals surface area contributed by atoms with E-state index in [4.69, 9.17) is 4.74 Å². The highest BCUT2D eigenvalue weighted by Crippen LogP contribution is 2.26. The zero-order valence-electron chi connectivity index (χ0n) is 10.3. The summed E-state index contributed by atoms with van der Waals surface area (Å²) in [4.78, 5) is 0. The molecule has 2 nitrogen and oxygen atoms in total. The van der Waals surface area contributed by atoms with Crippen LogP contribution < -0.4 is 4.74 Å². The molecule has 0 aromatic heterocycles. The first kappa shape index (κ1) is 12.4. The first-order valence-electron chi connectivity index (χ1n) is 6.72. The summed E-state index contributed by atoms with van der Waals surface area (Å²) < 4.78 is 5.69. The molecule has 1 N–H and O–H groups in total. The summed E-state index contributed by atoms with van der Waals surface area (Å²) in [6.45, 7) is 0.714. The molecule has 2 atom stereocenters. The van der Waals surface area contributed by atoms with Crippen LogP contribution in [-0.4, -0.2) is 17.8 Å². The molecule has 1 saturated carbocycles. The topological polar surface area (TPSA) is 29.5 Å². The normalized spacial score (nSPS) is 25.2. The molecule has 1 aliphatic carbocycles. The molecule has 94 valence electrons. The van der Waals surface area contributed by atoms with Crippen molar-refractivity contribution < 1.29 is 9.84 Å². The third-order valence-electron chi connectivity index (χ3n) is 3.62. The van der Waals surface area contributed by atoms with Crippen LogP contribution in [0.3, 0.4) is 0 Å². The number of para-hydroxylation sites is 1. The van der Waals surface area contributed by atoms with Crippen LogP contribution >= 0.6 is 0 Å². The number of hydrogen-bond donors (Lipinski definition) is 1. The Morgan fingerprint density at radius 2 is 1.82 bits per heavy atom. The predicted octanol–water partition coefficient (Wildman–Crippen LogP) is 3.40. The zero-order valence-corrected chi connectivity index (χ0v) is 10.3. The third kappa shape index (κ3) is 4.04. The van der Waals surface area contributed by atoms with Crippen LogP contribution in [0.25, 0.3) is 0 Å². The van der Waals surface area contributed by atoms with Crippen molar-refractivity contribution in [3.8, 4) is 5.75 Å². The smallest absolute Gasteiger partial charge is 0.119 e. The van der Waals surface area contributed by atoms with Crippen molar-refractivity contribution in [2.45, 2.75) is 44.6 Å². The van der Waals surface area contributed by atoms with E-state index in [1.165, 1.54) is 19.3 Å². The maximum Gasteiger partial charge on any atom is 0.119 e. The van der Waals surface area contributed by atoms with Crippen molar-refractivity contribution in [2.24, 2.45) is 5.92 Å². The number of benzene rings is 1. The maximum absolute atomic E-state index is 9.99. The monoisotopic (exact) mass is 234 g/mol. The van der Waals surface area contributed by atoms with Crippen LogP contribution in [-0.2, 0) is 0 Å². The Balaban J connectivity index is 1.73. The van der Waals surface area contributed by atoms with E-state index < -0.39 is 0 Å². The molecular formula is C15H22O2. The molecule has 0 amide bonds. The van der Waals surface area contributed by atoms with E-state index >= 15 is 0 Å². The molecule has 1 aromatic carbocycles. The number of aliphatic hydroxyl groups excluding tert-OH is 1. The first-order chi connectivity index (χ1) is 8.36. The van der Waals surface area contributed by atoms with Gasteiger partial charge in [0.05, 0.1) is 12.7 Å². The average molecular weight is 234 g/mol. The van der Waals surface area contributed by atoms with Crippen LogP contribution in [0.2, 0.25) is 0 Å². The minimum Gasteiger partial charge on any atom is -0.494 e. The van der Waals surface area contributed by atoms with Crippen molar-refractivity contribution in [3.63, 3.8) is 0 Å². The van der Waals surface area contributed by atoms with E-state index in [-0.39, 0.29) is 6.10 Å². The van der Waals surface area contributed by atoms with Gasteiger partial charge in [-0.25, -0.2) is 0 Å². The van der Waals surface area contributed by atoms with Crippen molar-refractivity contribution in [1.29, 1.82) is 0 Å². The molecule has 0 saturated heterocycles. The summed E-state index contributed by atoms with van der Waals surface area (Å²) >= 11 is 0. The lowest BCUT2D eigenvalue weighted by Crippen LogP contribution is -2.21. The fourth-order valence-corrected chi connectivity index (χ4v) is 2.55. The Morgan fingerprint density at radius 3 is 2.65 bits per heavy atom. The highest BCUT2D eigenvalue weighted by atomic mass is 16.5. The van der Waals surface area contributed by atoms with Gasteiger partial charge in [0.25, 0.3) is 0 Å². The van der Waals surface area contributed by atoms with Crippen molar-refractivity contribution >= 4 is 0 Å². The number of aliphatic hydroxyl groups is 1. The Bertz CT molecular complexity index is 310. The zero-order chi connectivity index (χ0) is 11.9. The van der Waals surface area contributed by atoms with Gasteiger partial charge >= 0.3 is 0 Å². The van der Waals surface area contributed by atoms with Crippen molar-refractivity contribution in [3.05, 3.63) is 30.3 Å². The van der Waals surface area contributed by atoms with Gasteiger partial charge in [-0.2, -0.15) is 0 Å². The molecule has 2 unspecified atom stereocenters. The van der Waals surface area contributed by atoms with Gasteiger partial charge in [0.15, 0.2) is 0 Å². The second kappa shape index (κ2) is 6.65. The molecule has 17 heavy (non-hydrogen) atoms. The molecule has 1 aromatic rings. The highest BCUT2D eigenvalue weighted by molar-refractivity contribution is 5.20. The Labute approximate surface area is 104 Å². The first-order valence-corrected chi connectivity index (χ1v) is 6.72. The fourth-order valence-electron chi connectivity index (χ4n) is 2.55. The molecule has 2 rings (SSSR count). The largest absolute Gasteiger partial charge is 0.494 e. The van der Waals surface area contributed by atoms with Gasteiger partial charge in [-0.3, -0.25) is 0 Å². The van der Waals surface area contributed by atoms with Gasteiger partial charge in [0, 0.05) is 0 Å². The average Bonchev–Trinajstić information content (AvgIpc) is 2.56. The lowest BCUT2D eigenvalue weighted by molar-refractivity contribution is 0.0861. The van der Waals surface area contributed by atoms with Gasteiger partial charge < -0.3 is 9.84 Å². The summed E-state index contributed by atoms with van der Waals surface area (Å²) in [5.74, 6) is 1.36. The van der Waals surface area contributed by atoms with E-state index in [2.05, 4.69) is 0 Å². The standard InChI is InChI=1S/C15H22O2/c16-15-10-6-1-3-7-13(15)11-12-17-14-8-4-2-5-9-14/h2,4-5,8-9,13,15-16H,1,3,6-7,10-12H2. The predicted molar refractivity (Wildman–Crippen MR) is 69.1 cm³/mol. The van der Waals surface area contributed by atoms with E-state index in [0.29, 0.717) is 12.5 Å². The number of hydrogen-bond acceptors (Lipinski definition) is 2. The summed E-state index contributed by atoms with van der Waals surface area (Å²) in [6, 6.07) is 9.90. The van der Waals surface area contributed by atoms with Crippen LogP contribution in [0, 0.1) is 5.92 Å². The van der Waals surface area contributed by atoms with Crippen molar-refractivity contribution in [1.82, 2.24) is 0 Å². The third-order valence-corrected chi connectivity index (χ3v) is 3.62.